The number of hydrogen-bond donors (Lipinski definition) is 0. The molecule has 0 heterocycles. The molecule has 2 aromatic carbocycles. The van der Waals surface area contributed by atoms with Crippen molar-refractivity contribution in [2.45, 2.75) is 6.92 Å². The standard InChI is InChI=1S/C14H13AsO/c1-2-16-12-7-5-6-11(10-12)13-8-3-4-9-14(13)15/h3-10H,2H2,1H3. The Morgan fingerprint density at radius 1 is 1.06 bits per heavy atom. The third-order valence-corrected chi connectivity index (χ3v) is 3.18. The van der Waals surface area contributed by atoms with E-state index in [1.165, 1.54) is 15.5 Å². The Balaban J connectivity index is 2.40. The van der Waals surface area contributed by atoms with Crippen molar-refractivity contribution in [2.75, 3.05) is 6.61 Å². The number of benzene rings is 2. The van der Waals surface area contributed by atoms with E-state index in [1.54, 1.807) is 0 Å². The fourth-order valence-electron chi connectivity index (χ4n) is 1.64. The van der Waals surface area contributed by atoms with Crippen molar-refractivity contribution in [3.63, 3.8) is 0 Å². The van der Waals surface area contributed by atoms with Gasteiger partial charge in [0.15, 0.2) is 0 Å². The van der Waals surface area contributed by atoms with Gasteiger partial charge in [-0.25, -0.2) is 0 Å². The van der Waals surface area contributed by atoms with E-state index >= 15 is 0 Å². The first-order valence-electron chi connectivity index (χ1n) is 5.32. The Labute approximate surface area is 105 Å². The summed E-state index contributed by atoms with van der Waals surface area (Å²) in [6, 6.07) is 16.5. The van der Waals surface area contributed by atoms with Gasteiger partial charge in [0.25, 0.3) is 0 Å². The van der Waals surface area contributed by atoms with E-state index in [2.05, 4.69) is 47.2 Å². The van der Waals surface area contributed by atoms with Gasteiger partial charge in [-0.15, -0.1) is 0 Å². The van der Waals surface area contributed by atoms with E-state index < -0.39 is 0 Å². The van der Waals surface area contributed by atoms with Crippen LogP contribution in [0.25, 0.3) is 11.1 Å². The molecule has 0 bridgehead atoms. The van der Waals surface area contributed by atoms with E-state index in [0.717, 1.165) is 5.75 Å². The quantitative estimate of drug-likeness (QED) is 0.780. The van der Waals surface area contributed by atoms with Crippen molar-refractivity contribution in [1.29, 1.82) is 0 Å². The van der Waals surface area contributed by atoms with Crippen LogP contribution in [-0.2, 0) is 0 Å². The second-order valence-corrected chi connectivity index (χ2v) is 4.49. The zero-order valence-corrected chi connectivity index (χ0v) is 11.1. The molecule has 0 aliphatic heterocycles. The van der Waals surface area contributed by atoms with E-state index in [9.17, 15) is 0 Å². The second-order valence-electron chi connectivity index (χ2n) is 3.48. The molecule has 0 unspecified atom stereocenters. The molecule has 2 rings (SSSR count). The Kier molecular flexibility index (Phi) is 3.69. The predicted molar refractivity (Wildman–Crippen MR) is 68.4 cm³/mol. The summed E-state index contributed by atoms with van der Waals surface area (Å²) >= 11 is 2.60. The van der Waals surface area contributed by atoms with Gasteiger partial charge in [0.05, 0.1) is 0 Å². The van der Waals surface area contributed by atoms with Gasteiger partial charge in [-0.2, -0.15) is 0 Å². The fraction of sp³-hybridized carbons (Fsp3) is 0.143. The van der Waals surface area contributed by atoms with E-state index in [1.807, 2.05) is 25.1 Å². The van der Waals surface area contributed by atoms with Crippen LogP contribution >= 0.6 is 0 Å². The summed E-state index contributed by atoms with van der Waals surface area (Å²) in [4.78, 5) is 0. The van der Waals surface area contributed by atoms with Crippen LogP contribution in [0, 0.1) is 0 Å². The van der Waals surface area contributed by atoms with Gasteiger partial charge in [0.1, 0.15) is 0 Å². The summed E-state index contributed by atoms with van der Waals surface area (Å²) in [5, 5.41) is 0. The van der Waals surface area contributed by atoms with Crippen LogP contribution in [-0.4, -0.2) is 23.5 Å². The number of hydrogen-bond acceptors (Lipinski definition) is 1. The molecule has 2 radical (unpaired) electrons. The average Bonchev–Trinajstić information content (AvgIpc) is 2.30. The van der Waals surface area contributed by atoms with E-state index in [0.29, 0.717) is 6.61 Å². The Morgan fingerprint density at radius 2 is 1.88 bits per heavy atom. The van der Waals surface area contributed by atoms with Crippen molar-refractivity contribution in [2.24, 2.45) is 0 Å². The maximum absolute atomic E-state index is 5.50. The van der Waals surface area contributed by atoms with Crippen LogP contribution in [0.15, 0.2) is 48.5 Å². The molecule has 0 fully saturated rings. The monoisotopic (exact) mass is 272 g/mol. The first kappa shape index (κ1) is 11.3. The molecule has 0 amide bonds. The average molecular weight is 272 g/mol. The molecule has 16 heavy (non-hydrogen) atoms. The van der Waals surface area contributed by atoms with Crippen LogP contribution in [0.4, 0.5) is 0 Å². The van der Waals surface area contributed by atoms with Gasteiger partial charge in [0.2, 0.25) is 0 Å². The Hall–Kier alpha value is -1.20. The molecule has 1 nitrogen and oxygen atoms in total. The molecule has 0 aliphatic rings. The van der Waals surface area contributed by atoms with E-state index in [4.69, 9.17) is 4.74 Å². The van der Waals surface area contributed by atoms with Gasteiger partial charge in [-0.1, -0.05) is 0 Å². The summed E-state index contributed by atoms with van der Waals surface area (Å²) in [7, 11) is 0. The van der Waals surface area contributed by atoms with Crippen LogP contribution < -0.4 is 9.09 Å². The van der Waals surface area contributed by atoms with Gasteiger partial charge in [0, 0.05) is 0 Å². The van der Waals surface area contributed by atoms with Crippen molar-refractivity contribution in [3.05, 3.63) is 48.5 Å². The third kappa shape index (κ3) is 2.48. The molecule has 0 aliphatic carbocycles. The van der Waals surface area contributed by atoms with Crippen LogP contribution in [0.5, 0.6) is 5.75 Å². The molecule has 2 heteroatoms. The molecule has 80 valence electrons. The van der Waals surface area contributed by atoms with Gasteiger partial charge >= 0.3 is 105 Å². The summed E-state index contributed by atoms with van der Waals surface area (Å²) < 4.78 is 6.73. The topological polar surface area (TPSA) is 9.23 Å². The molecule has 0 saturated heterocycles. The van der Waals surface area contributed by atoms with Crippen molar-refractivity contribution in [3.8, 4) is 16.9 Å². The number of ether oxygens (including phenoxy) is 1. The number of rotatable bonds is 3. The van der Waals surface area contributed by atoms with Crippen LogP contribution in [0.1, 0.15) is 6.92 Å². The Morgan fingerprint density at radius 3 is 2.62 bits per heavy atom. The van der Waals surface area contributed by atoms with Crippen molar-refractivity contribution >= 4 is 21.2 Å². The molecule has 0 atom stereocenters. The van der Waals surface area contributed by atoms with Gasteiger partial charge < -0.3 is 0 Å². The molecule has 0 aromatic heterocycles. The molecule has 0 spiro atoms. The summed E-state index contributed by atoms with van der Waals surface area (Å²) in [5.74, 6) is 0.927. The van der Waals surface area contributed by atoms with Gasteiger partial charge in [-0.05, 0) is 0 Å². The maximum atomic E-state index is 5.50. The minimum atomic E-state index is 0.702. The molecular formula is C14H13AsO. The third-order valence-electron chi connectivity index (χ3n) is 2.36. The molecule has 2 aromatic rings. The first-order valence-corrected chi connectivity index (χ1v) is 6.26. The Bertz CT molecular complexity index is 480. The van der Waals surface area contributed by atoms with E-state index in [-0.39, 0.29) is 0 Å². The summed E-state index contributed by atoms with van der Waals surface area (Å²) in [5.41, 5.74) is 2.44. The molecular weight excluding hydrogens is 259 g/mol. The predicted octanol–water partition coefficient (Wildman–Crippen LogP) is 2.55. The second kappa shape index (κ2) is 5.22. The van der Waals surface area contributed by atoms with Crippen LogP contribution in [0.2, 0.25) is 0 Å². The fourth-order valence-corrected chi connectivity index (χ4v) is 2.25. The summed E-state index contributed by atoms with van der Waals surface area (Å²) in [6.07, 6.45) is 0. The minimum absolute atomic E-state index is 0.702. The van der Waals surface area contributed by atoms with Crippen molar-refractivity contribution < 1.29 is 4.74 Å². The summed E-state index contributed by atoms with van der Waals surface area (Å²) in [6.45, 7) is 2.70. The SMILES string of the molecule is CCOc1cccc(-c2ccccc2[As])c1. The zero-order valence-electron chi connectivity index (χ0n) is 9.18. The zero-order chi connectivity index (χ0) is 11.4. The van der Waals surface area contributed by atoms with Gasteiger partial charge in [-0.3, -0.25) is 0 Å². The van der Waals surface area contributed by atoms with Crippen molar-refractivity contribution in [1.82, 2.24) is 0 Å². The van der Waals surface area contributed by atoms with Crippen LogP contribution in [0.3, 0.4) is 0 Å². The molecule has 0 saturated carbocycles. The molecule has 0 N–H and O–H groups in total. The first-order chi connectivity index (χ1) is 7.81. The normalized spacial score (nSPS) is 10.1.